The maximum atomic E-state index is 11.5. The van der Waals surface area contributed by atoms with Crippen LogP contribution in [0, 0.1) is 6.92 Å². The number of H-pyrrole nitrogens is 1. The van der Waals surface area contributed by atoms with E-state index in [2.05, 4.69) is 4.98 Å². The molecular formula is C10H14N2O4. The third-order valence-corrected chi connectivity index (χ3v) is 2.91. The summed E-state index contributed by atoms with van der Waals surface area (Å²) in [4.78, 5) is 25.2. The first kappa shape index (κ1) is 11.1. The van der Waals surface area contributed by atoms with Gasteiger partial charge in [-0.2, -0.15) is 0 Å². The van der Waals surface area contributed by atoms with Gasteiger partial charge in [0.2, 0.25) is 0 Å². The van der Waals surface area contributed by atoms with Crippen molar-refractivity contribution in [3.8, 4) is 0 Å². The highest BCUT2D eigenvalue weighted by atomic mass is 16.5. The van der Waals surface area contributed by atoms with E-state index in [1.54, 1.807) is 6.92 Å². The summed E-state index contributed by atoms with van der Waals surface area (Å²) in [5, 5.41) is 9.01. The number of ether oxygens (including phenoxy) is 1. The minimum atomic E-state index is -0.454. The molecule has 1 aromatic heterocycles. The van der Waals surface area contributed by atoms with Gasteiger partial charge in [0.05, 0.1) is 12.7 Å². The summed E-state index contributed by atoms with van der Waals surface area (Å²) < 4.78 is 6.75. The van der Waals surface area contributed by atoms with Crippen LogP contribution in [0.1, 0.15) is 17.7 Å². The van der Waals surface area contributed by atoms with Crippen LogP contribution in [0.5, 0.6) is 0 Å². The fourth-order valence-corrected chi connectivity index (χ4v) is 1.88. The minimum absolute atomic E-state index is 0.0737. The Kier molecular flexibility index (Phi) is 2.93. The second-order valence-corrected chi connectivity index (χ2v) is 3.90. The zero-order valence-electron chi connectivity index (χ0n) is 9.02. The van der Waals surface area contributed by atoms with Crippen LogP contribution in [0.4, 0.5) is 0 Å². The molecule has 88 valence electrons. The molecule has 1 aromatic rings. The highest BCUT2D eigenvalue weighted by Crippen LogP contribution is 2.13. The summed E-state index contributed by atoms with van der Waals surface area (Å²) in [6.07, 6.45) is 0.907. The van der Waals surface area contributed by atoms with E-state index in [1.807, 2.05) is 0 Å². The molecule has 0 bridgehead atoms. The van der Waals surface area contributed by atoms with Crippen molar-refractivity contribution < 1.29 is 9.84 Å². The average molecular weight is 226 g/mol. The molecule has 0 radical (unpaired) electrons. The molecule has 1 unspecified atom stereocenters. The van der Waals surface area contributed by atoms with Crippen molar-refractivity contribution in [2.45, 2.75) is 32.6 Å². The molecule has 1 aliphatic rings. The Bertz CT molecular complexity index is 503. The molecular weight excluding hydrogens is 212 g/mol. The molecule has 6 heteroatoms. The first-order valence-electron chi connectivity index (χ1n) is 5.18. The van der Waals surface area contributed by atoms with Crippen molar-refractivity contribution in [1.29, 1.82) is 0 Å². The van der Waals surface area contributed by atoms with Gasteiger partial charge in [0.15, 0.2) is 0 Å². The fraction of sp³-hybridized carbons (Fsp3) is 0.600. The van der Waals surface area contributed by atoms with Gasteiger partial charge in [-0.3, -0.25) is 14.3 Å². The average Bonchev–Trinajstić information content (AvgIpc) is 2.48. The molecule has 0 fully saturated rings. The summed E-state index contributed by atoms with van der Waals surface area (Å²) in [7, 11) is 0. The van der Waals surface area contributed by atoms with E-state index in [-0.39, 0.29) is 25.0 Å². The van der Waals surface area contributed by atoms with Crippen molar-refractivity contribution in [3.63, 3.8) is 0 Å². The summed E-state index contributed by atoms with van der Waals surface area (Å²) >= 11 is 0. The smallest absolute Gasteiger partial charge is 0.330 e. The lowest BCUT2D eigenvalue weighted by Crippen LogP contribution is -2.34. The van der Waals surface area contributed by atoms with E-state index in [1.165, 1.54) is 4.57 Å². The SMILES string of the molecule is Cc1c2n(c(=O)[nH]c1=O)COC(CO)CC2. The summed E-state index contributed by atoms with van der Waals surface area (Å²) in [6, 6.07) is 0. The molecule has 1 aliphatic heterocycles. The fourth-order valence-electron chi connectivity index (χ4n) is 1.88. The van der Waals surface area contributed by atoms with Crippen LogP contribution in [0.25, 0.3) is 0 Å². The van der Waals surface area contributed by atoms with Crippen molar-refractivity contribution >= 4 is 0 Å². The van der Waals surface area contributed by atoms with Crippen LogP contribution < -0.4 is 11.2 Å². The standard InChI is InChI=1S/C10H14N2O4/c1-6-8-3-2-7(4-13)16-5-12(8)10(15)11-9(6)14/h7,13H,2-5H2,1H3,(H,11,14,15). The number of hydrogen-bond acceptors (Lipinski definition) is 4. The minimum Gasteiger partial charge on any atom is -0.394 e. The lowest BCUT2D eigenvalue weighted by molar-refractivity contribution is -0.0214. The molecule has 2 heterocycles. The summed E-state index contributed by atoms with van der Waals surface area (Å²) in [5.74, 6) is 0. The van der Waals surface area contributed by atoms with E-state index in [4.69, 9.17) is 9.84 Å². The molecule has 0 saturated heterocycles. The van der Waals surface area contributed by atoms with Crippen LogP contribution in [-0.2, 0) is 17.9 Å². The molecule has 6 nitrogen and oxygen atoms in total. The molecule has 0 amide bonds. The number of aliphatic hydroxyl groups excluding tert-OH is 1. The first-order valence-corrected chi connectivity index (χ1v) is 5.18. The maximum Gasteiger partial charge on any atom is 0.330 e. The summed E-state index contributed by atoms with van der Waals surface area (Å²) in [6.45, 7) is 1.69. The predicted molar refractivity (Wildman–Crippen MR) is 56.3 cm³/mol. The van der Waals surface area contributed by atoms with E-state index < -0.39 is 5.69 Å². The van der Waals surface area contributed by atoms with Gasteiger partial charge in [-0.25, -0.2) is 4.79 Å². The van der Waals surface area contributed by atoms with Gasteiger partial charge in [0.1, 0.15) is 6.73 Å². The lowest BCUT2D eigenvalue weighted by Gasteiger charge is -2.11. The second-order valence-electron chi connectivity index (χ2n) is 3.90. The second kappa shape index (κ2) is 4.23. The third-order valence-electron chi connectivity index (χ3n) is 2.91. The van der Waals surface area contributed by atoms with E-state index >= 15 is 0 Å². The molecule has 2 rings (SSSR count). The van der Waals surface area contributed by atoms with E-state index in [0.29, 0.717) is 24.1 Å². The lowest BCUT2D eigenvalue weighted by atomic mass is 10.1. The van der Waals surface area contributed by atoms with Crippen LogP contribution in [0.15, 0.2) is 9.59 Å². The topological polar surface area (TPSA) is 84.3 Å². The molecule has 0 saturated carbocycles. The Labute approximate surface area is 91.5 Å². The maximum absolute atomic E-state index is 11.5. The first-order chi connectivity index (χ1) is 7.63. The Morgan fingerprint density at radius 2 is 2.31 bits per heavy atom. The molecule has 0 aromatic carbocycles. The molecule has 16 heavy (non-hydrogen) atoms. The number of nitrogens with one attached hydrogen (secondary N) is 1. The van der Waals surface area contributed by atoms with Gasteiger partial charge in [-0.05, 0) is 19.8 Å². The molecule has 0 spiro atoms. The molecule has 2 N–H and O–H groups in total. The van der Waals surface area contributed by atoms with Crippen molar-refractivity contribution in [3.05, 3.63) is 32.1 Å². The Morgan fingerprint density at radius 1 is 1.56 bits per heavy atom. The quantitative estimate of drug-likeness (QED) is 0.651. The monoisotopic (exact) mass is 226 g/mol. The predicted octanol–water partition coefficient (Wildman–Crippen LogP) is -0.874. The Balaban J connectivity index is 2.49. The van der Waals surface area contributed by atoms with Gasteiger partial charge in [0, 0.05) is 11.3 Å². The largest absolute Gasteiger partial charge is 0.394 e. The van der Waals surface area contributed by atoms with Crippen molar-refractivity contribution in [2.75, 3.05) is 6.61 Å². The van der Waals surface area contributed by atoms with Crippen LogP contribution >= 0.6 is 0 Å². The number of aromatic nitrogens is 2. The zero-order chi connectivity index (χ0) is 11.7. The Morgan fingerprint density at radius 3 is 3.00 bits per heavy atom. The highest BCUT2D eigenvalue weighted by Gasteiger charge is 2.19. The van der Waals surface area contributed by atoms with Crippen LogP contribution in [0.2, 0.25) is 0 Å². The van der Waals surface area contributed by atoms with Gasteiger partial charge in [0.25, 0.3) is 5.56 Å². The molecule has 0 aliphatic carbocycles. The van der Waals surface area contributed by atoms with E-state index in [9.17, 15) is 9.59 Å². The van der Waals surface area contributed by atoms with Crippen LogP contribution in [-0.4, -0.2) is 27.4 Å². The van der Waals surface area contributed by atoms with Crippen LogP contribution in [0.3, 0.4) is 0 Å². The Hall–Kier alpha value is -1.40. The highest BCUT2D eigenvalue weighted by molar-refractivity contribution is 5.16. The summed E-state index contributed by atoms with van der Waals surface area (Å²) in [5.41, 5.74) is 0.439. The van der Waals surface area contributed by atoms with E-state index in [0.717, 1.165) is 0 Å². The number of aliphatic hydroxyl groups is 1. The van der Waals surface area contributed by atoms with Gasteiger partial charge < -0.3 is 9.84 Å². The van der Waals surface area contributed by atoms with Crippen molar-refractivity contribution in [1.82, 2.24) is 9.55 Å². The number of hydrogen-bond donors (Lipinski definition) is 2. The molecule has 1 atom stereocenters. The van der Waals surface area contributed by atoms with Crippen molar-refractivity contribution in [2.24, 2.45) is 0 Å². The normalized spacial score (nSPS) is 20.2. The number of rotatable bonds is 1. The number of nitrogens with zero attached hydrogens (tertiary/aromatic N) is 1. The third kappa shape index (κ3) is 1.81. The zero-order valence-corrected chi connectivity index (χ0v) is 9.02. The van der Waals surface area contributed by atoms with Gasteiger partial charge in [-0.1, -0.05) is 0 Å². The van der Waals surface area contributed by atoms with Gasteiger partial charge in [-0.15, -0.1) is 0 Å². The van der Waals surface area contributed by atoms with Gasteiger partial charge >= 0.3 is 5.69 Å². The number of aromatic amines is 1. The number of fused-ring (bicyclic) bond motifs is 1.